The molecule has 4 aromatic rings. The van der Waals surface area contributed by atoms with Crippen LogP contribution >= 0.6 is 0 Å². The minimum Gasteiger partial charge on any atom is -0.384 e. The number of imidazole rings is 1. The number of hydrogen-bond donors (Lipinski definition) is 3. The molecule has 0 spiro atoms. The van der Waals surface area contributed by atoms with Gasteiger partial charge in [-0.1, -0.05) is 60.7 Å². The number of nitrogens with one attached hydrogen (secondary N) is 3. The van der Waals surface area contributed by atoms with Crippen molar-refractivity contribution in [3.63, 3.8) is 0 Å². The molecule has 0 radical (unpaired) electrons. The van der Waals surface area contributed by atoms with E-state index in [0.717, 1.165) is 28.1 Å². The third kappa shape index (κ3) is 4.87. The van der Waals surface area contributed by atoms with Crippen LogP contribution < -0.4 is 10.6 Å². The number of rotatable bonds is 8. The molecule has 0 bridgehead atoms. The first kappa shape index (κ1) is 19.7. The summed E-state index contributed by atoms with van der Waals surface area (Å²) in [6.45, 7) is 2.63. The van der Waals surface area contributed by atoms with E-state index >= 15 is 0 Å². The van der Waals surface area contributed by atoms with Crippen LogP contribution in [0.25, 0.3) is 11.0 Å². The van der Waals surface area contributed by atoms with Gasteiger partial charge in [-0.25, -0.2) is 4.98 Å². The molecule has 0 saturated heterocycles. The van der Waals surface area contributed by atoms with E-state index in [-0.39, 0.29) is 11.9 Å². The fourth-order valence-electron chi connectivity index (χ4n) is 3.55. The van der Waals surface area contributed by atoms with Crippen molar-refractivity contribution < 1.29 is 4.79 Å². The number of fused-ring (bicyclic) bond motifs is 1. The molecule has 0 aliphatic carbocycles. The van der Waals surface area contributed by atoms with Crippen LogP contribution in [-0.4, -0.2) is 22.4 Å². The van der Waals surface area contributed by atoms with Crippen LogP contribution in [0.1, 0.15) is 29.4 Å². The average molecular weight is 399 g/mol. The van der Waals surface area contributed by atoms with Crippen LogP contribution in [0.3, 0.4) is 0 Å². The van der Waals surface area contributed by atoms with Gasteiger partial charge in [0.05, 0.1) is 17.1 Å². The Bertz CT molecular complexity index is 1090. The van der Waals surface area contributed by atoms with Gasteiger partial charge in [-0.15, -0.1) is 0 Å². The zero-order valence-electron chi connectivity index (χ0n) is 17.1. The van der Waals surface area contributed by atoms with Crippen molar-refractivity contribution in [3.05, 3.63) is 95.8 Å². The number of anilines is 1. The van der Waals surface area contributed by atoms with Gasteiger partial charge in [0.15, 0.2) is 0 Å². The normalized spacial score (nSPS) is 11.9. The summed E-state index contributed by atoms with van der Waals surface area (Å²) in [7, 11) is 0. The molecule has 1 unspecified atom stereocenters. The van der Waals surface area contributed by atoms with Crippen LogP contribution in [0.2, 0.25) is 0 Å². The maximum atomic E-state index is 12.7. The predicted octanol–water partition coefficient (Wildman–Crippen LogP) is 4.77. The molecule has 0 fully saturated rings. The first-order valence-electron chi connectivity index (χ1n) is 10.3. The summed E-state index contributed by atoms with van der Waals surface area (Å²) in [6, 6.07) is 26.0. The second-order valence-electron chi connectivity index (χ2n) is 7.44. The third-order valence-corrected chi connectivity index (χ3v) is 5.17. The second kappa shape index (κ2) is 9.27. The minimum atomic E-state index is -0.217. The fourth-order valence-corrected chi connectivity index (χ4v) is 3.55. The highest BCUT2D eigenvalue weighted by atomic mass is 16.1. The van der Waals surface area contributed by atoms with Crippen LogP contribution in [0.5, 0.6) is 0 Å². The average Bonchev–Trinajstić information content (AvgIpc) is 3.20. The Labute approximate surface area is 176 Å². The van der Waals surface area contributed by atoms with Crippen molar-refractivity contribution in [2.45, 2.75) is 25.8 Å². The highest BCUT2D eigenvalue weighted by Crippen LogP contribution is 2.20. The van der Waals surface area contributed by atoms with E-state index in [2.05, 4.69) is 40.7 Å². The lowest BCUT2D eigenvalue weighted by molar-refractivity contribution is -0.121. The van der Waals surface area contributed by atoms with Crippen LogP contribution in [0.4, 0.5) is 5.69 Å². The number of amides is 1. The third-order valence-electron chi connectivity index (χ3n) is 5.17. The molecule has 30 heavy (non-hydrogen) atoms. The predicted molar refractivity (Wildman–Crippen MR) is 121 cm³/mol. The van der Waals surface area contributed by atoms with Gasteiger partial charge in [-0.3, -0.25) is 4.79 Å². The minimum absolute atomic E-state index is 0.00234. The van der Waals surface area contributed by atoms with Crippen LogP contribution in [0, 0.1) is 6.92 Å². The summed E-state index contributed by atoms with van der Waals surface area (Å²) in [5, 5.41) is 6.51. The Morgan fingerprint density at radius 1 is 0.967 bits per heavy atom. The number of carbonyl (C=O) groups excluding carboxylic acids is 1. The first-order chi connectivity index (χ1) is 14.7. The molecule has 1 aromatic heterocycles. The van der Waals surface area contributed by atoms with Crippen molar-refractivity contribution in [1.29, 1.82) is 0 Å². The van der Waals surface area contributed by atoms with Gasteiger partial charge in [-0.05, 0) is 42.7 Å². The van der Waals surface area contributed by atoms with Gasteiger partial charge in [0.2, 0.25) is 5.91 Å². The van der Waals surface area contributed by atoms with E-state index in [1.807, 2.05) is 60.7 Å². The largest absolute Gasteiger partial charge is 0.384 e. The first-order valence-corrected chi connectivity index (χ1v) is 10.3. The summed E-state index contributed by atoms with van der Waals surface area (Å²) < 4.78 is 0. The molecule has 3 N–H and O–H groups in total. The highest BCUT2D eigenvalue weighted by molar-refractivity contribution is 5.78. The Morgan fingerprint density at radius 3 is 2.50 bits per heavy atom. The van der Waals surface area contributed by atoms with E-state index in [4.69, 9.17) is 4.98 Å². The number of para-hydroxylation sites is 3. The topological polar surface area (TPSA) is 69.8 Å². The Kier molecular flexibility index (Phi) is 6.09. The van der Waals surface area contributed by atoms with Gasteiger partial charge < -0.3 is 15.6 Å². The van der Waals surface area contributed by atoms with Crippen molar-refractivity contribution in [3.8, 4) is 0 Å². The molecule has 0 aliphatic rings. The number of H-pyrrole nitrogens is 1. The number of aromatic nitrogens is 2. The van der Waals surface area contributed by atoms with Gasteiger partial charge in [0, 0.05) is 18.7 Å². The monoisotopic (exact) mass is 398 g/mol. The maximum absolute atomic E-state index is 12.7. The number of aromatic amines is 1. The standard InChI is InChI=1S/C25H26N4O/c1-18-9-5-6-12-20(18)26-16-15-24(30)27-23(17-19-10-3-2-4-11-19)25-28-21-13-7-8-14-22(21)29-25/h2-14,23,26H,15-17H2,1H3,(H,27,30)(H,28,29). The smallest absolute Gasteiger partial charge is 0.222 e. The zero-order chi connectivity index (χ0) is 20.8. The summed E-state index contributed by atoms with van der Waals surface area (Å²) in [6.07, 6.45) is 1.07. The number of hydrogen-bond acceptors (Lipinski definition) is 3. The summed E-state index contributed by atoms with van der Waals surface area (Å²) in [5.41, 5.74) is 5.26. The lowest BCUT2D eigenvalue weighted by Gasteiger charge is -2.17. The molecular formula is C25H26N4O. The van der Waals surface area contributed by atoms with Gasteiger partial charge in [0.1, 0.15) is 5.82 Å². The van der Waals surface area contributed by atoms with Crippen LogP contribution in [0.15, 0.2) is 78.9 Å². The molecule has 1 atom stereocenters. The lowest BCUT2D eigenvalue weighted by atomic mass is 10.1. The van der Waals surface area contributed by atoms with Gasteiger partial charge in [-0.2, -0.15) is 0 Å². The molecule has 1 heterocycles. The quantitative estimate of drug-likeness (QED) is 0.400. The Balaban J connectivity index is 1.45. The van der Waals surface area contributed by atoms with E-state index in [9.17, 15) is 4.79 Å². The van der Waals surface area contributed by atoms with Crippen molar-refractivity contribution in [1.82, 2.24) is 15.3 Å². The maximum Gasteiger partial charge on any atom is 0.222 e. The Morgan fingerprint density at radius 2 is 1.70 bits per heavy atom. The van der Waals surface area contributed by atoms with E-state index in [1.165, 1.54) is 5.56 Å². The van der Waals surface area contributed by atoms with Crippen LogP contribution in [-0.2, 0) is 11.2 Å². The molecule has 0 aliphatic heterocycles. The molecule has 152 valence electrons. The van der Waals surface area contributed by atoms with E-state index in [1.54, 1.807) is 0 Å². The molecule has 1 amide bonds. The number of nitrogens with zero attached hydrogens (tertiary/aromatic N) is 1. The number of benzene rings is 3. The molecule has 0 saturated carbocycles. The van der Waals surface area contributed by atoms with Crippen molar-refractivity contribution in [2.24, 2.45) is 0 Å². The SMILES string of the molecule is Cc1ccccc1NCCC(=O)NC(Cc1ccccc1)c1nc2ccccc2[nH]1. The molecule has 5 heteroatoms. The fraction of sp³-hybridized carbons (Fsp3) is 0.200. The summed E-state index contributed by atoms with van der Waals surface area (Å²) in [4.78, 5) is 20.8. The van der Waals surface area contributed by atoms with Crippen molar-refractivity contribution in [2.75, 3.05) is 11.9 Å². The summed E-state index contributed by atoms with van der Waals surface area (Å²) in [5.74, 6) is 0.776. The van der Waals surface area contributed by atoms with E-state index < -0.39 is 0 Å². The van der Waals surface area contributed by atoms with E-state index in [0.29, 0.717) is 19.4 Å². The zero-order valence-corrected chi connectivity index (χ0v) is 17.1. The highest BCUT2D eigenvalue weighted by Gasteiger charge is 2.19. The summed E-state index contributed by atoms with van der Waals surface area (Å²) >= 11 is 0. The molecule has 5 nitrogen and oxygen atoms in total. The molecular weight excluding hydrogens is 372 g/mol. The molecule has 3 aromatic carbocycles. The van der Waals surface area contributed by atoms with Crippen molar-refractivity contribution >= 4 is 22.6 Å². The lowest BCUT2D eigenvalue weighted by Crippen LogP contribution is -2.31. The van der Waals surface area contributed by atoms with Gasteiger partial charge >= 0.3 is 0 Å². The Hall–Kier alpha value is -3.60. The number of carbonyl (C=O) groups is 1. The molecule has 4 rings (SSSR count). The number of aryl methyl sites for hydroxylation is 1. The second-order valence-corrected chi connectivity index (χ2v) is 7.44. The van der Waals surface area contributed by atoms with Gasteiger partial charge in [0.25, 0.3) is 0 Å².